The number of benzene rings is 2. The third kappa shape index (κ3) is 3.31. The summed E-state index contributed by atoms with van der Waals surface area (Å²) in [7, 11) is 0. The van der Waals surface area contributed by atoms with Crippen LogP contribution >= 0.6 is 28.1 Å². The number of nitro benzene ring substituents is 1. The molecule has 0 fully saturated rings. The molecule has 3 aromatic rings. The molecule has 0 saturated carbocycles. The van der Waals surface area contributed by atoms with Crippen molar-refractivity contribution in [3.8, 4) is 11.4 Å². The van der Waals surface area contributed by atoms with E-state index in [1.54, 1.807) is 18.2 Å². The molecule has 3 rings (SSSR count). The van der Waals surface area contributed by atoms with Crippen molar-refractivity contribution in [1.82, 2.24) is 14.9 Å². The van der Waals surface area contributed by atoms with Gasteiger partial charge < -0.3 is 0 Å². The molecule has 0 unspecified atom stereocenters. The summed E-state index contributed by atoms with van der Waals surface area (Å²) >= 11 is 8.60. The van der Waals surface area contributed by atoms with Crippen LogP contribution in [0.1, 0.15) is 5.56 Å². The number of nitrogens with one attached hydrogen (secondary N) is 1. The molecule has 0 spiro atoms. The quantitative estimate of drug-likeness (QED) is 0.306. The largest absolute Gasteiger partial charge is 0.278 e. The van der Waals surface area contributed by atoms with Gasteiger partial charge in [-0.3, -0.25) is 10.1 Å². The fraction of sp³-hybridized carbons (Fsp3) is 0. The van der Waals surface area contributed by atoms with Crippen molar-refractivity contribution in [2.45, 2.75) is 0 Å². The lowest BCUT2D eigenvalue weighted by molar-refractivity contribution is -0.385. The Morgan fingerprint density at radius 2 is 2.08 bits per heavy atom. The van der Waals surface area contributed by atoms with Gasteiger partial charge in [0.05, 0.1) is 16.7 Å². The minimum absolute atomic E-state index is 0.0275. The van der Waals surface area contributed by atoms with E-state index in [0.29, 0.717) is 16.2 Å². The van der Waals surface area contributed by atoms with Gasteiger partial charge in [0.1, 0.15) is 0 Å². The van der Waals surface area contributed by atoms with Crippen molar-refractivity contribution in [3.05, 3.63) is 73.5 Å². The van der Waals surface area contributed by atoms with Gasteiger partial charge in [-0.2, -0.15) is 14.9 Å². The standard InChI is InChI=1S/C15H10BrN5O2S/c16-12-6-3-5-10(8-12)14-18-19-15(24)20(14)17-9-11-4-1-2-7-13(11)21(22)23/h1-9H,(H,19,24)/b17-9-. The first-order valence-corrected chi connectivity index (χ1v) is 7.97. The number of rotatable bonds is 4. The molecule has 120 valence electrons. The molecule has 0 atom stereocenters. The zero-order chi connectivity index (χ0) is 17.1. The van der Waals surface area contributed by atoms with Gasteiger partial charge in [0.15, 0.2) is 5.82 Å². The Morgan fingerprint density at radius 1 is 1.29 bits per heavy atom. The van der Waals surface area contributed by atoms with E-state index < -0.39 is 4.92 Å². The summed E-state index contributed by atoms with van der Waals surface area (Å²) in [5, 5.41) is 22.2. The third-order valence-corrected chi connectivity index (χ3v) is 3.94. The van der Waals surface area contributed by atoms with Gasteiger partial charge in [-0.25, -0.2) is 5.10 Å². The van der Waals surface area contributed by atoms with Crippen LogP contribution in [0.15, 0.2) is 58.1 Å². The first kappa shape index (κ1) is 16.2. The molecule has 0 saturated heterocycles. The van der Waals surface area contributed by atoms with Gasteiger partial charge in [0, 0.05) is 16.1 Å². The summed E-state index contributed by atoms with van der Waals surface area (Å²) in [4.78, 5) is 10.6. The van der Waals surface area contributed by atoms with Crippen molar-refractivity contribution in [2.24, 2.45) is 5.10 Å². The van der Waals surface area contributed by atoms with Crippen LogP contribution in [0.4, 0.5) is 5.69 Å². The lowest BCUT2D eigenvalue weighted by Crippen LogP contribution is -1.98. The summed E-state index contributed by atoms with van der Waals surface area (Å²) in [6, 6.07) is 13.9. The van der Waals surface area contributed by atoms with Crippen LogP contribution in [0.2, 0.25) is 0 Å². The number of para-hydroxylation sites is 1. The Balaban J connectivity index is 2.05. The molecule has 0 radical (unpaired) electrons. The fourth-order valence-corrected chi connectivity index (χ4v) is 2.67. The molecule has 1 aromatic heterocycles. The van der Waals surface area contributed by atoms with E-state index in [1.807, 2.05) is 24.3 Å². The van der Waals surface area contributed by atoms with E-state index in [-0.39, 0.29) is 5.69 Å². The van der Waals surface area contributed by atoms with Crippen molar-refractivity contribution in [2.75, 3.05) is 0 Å². The molecule has 0 amide bonds. The van der Waals surface area contributed by atoms with E-state index in [2.05, 4.69) is 31.2 Å². The average molecular weight is 404 g/mol. The Labute approximate surface area is 149 Å². The first-order valence-electron chi connectivity index (χ1n) is 6.77. The second-order valence-electron chi connectivity index (χ2n) is 4.74. The molecule has 24 heavy (non-hydrogen) atoms. The highest BCUT2D eigenvalue weighted by Crippen LogP contribution is 2.22. The van der Waals surface area contributed by atoms with Crippen LogP contribution in [0.5, 0.6) is 0 Å². The number of aromatic amines is 1. The van der Waals surface area contributed by atoms with Crippen LogP contribution in [0, 0.1) is 14.9 Å². The van der Waals surface area contributed by atoms with Crippen LogP contribution in [0.25, 0.3) is 11.4 Å². The minimum atomic E-state index is -0.453. The van der Waals surface area contributed by atoms with Crippen LogP contribution in [-0.2, 0) is 0 Å². The number of nitrogens with zero attached hydrogens (tertiary/aromatic N) is 4. The highest BCUT2D eigenvalue weighted by atomic mass is 79.9. The van der Waals surface area contributed by atoms with Crippen molar-refractivity contribution in [3.63, 3.8) is 0 Å². The molecule has 7 nitrogen and oxygen atoms in total. The van der Waals surface area contributed by atoms with Crippen LogP contribution < -0.4 is 0 Å². The van der Waals surface area contributed by atoms with Crippen molar-refractivity contribution < 1.29 is 4.92 Å². The molecule has 0 aliphatic heterocycles. The molecule has 0 aliphatic rings. The smallest absolute Gasteiger partial charge is 0.258 e. The zero-order valence-corrected chi connectivity index (χ0v) is 14.5. The molecule has 1 heterocycles. The second-order valence-corrected chi connectivity index (χ2v) is 6.04. The van der Waals surface area contributed by atoms with Crippen LogP contribution in [0.3, 0.4) is 0 Å². The lowest BCUT2D eigenvalue weighted by atomic mass is 10.2. The Morgan fingerprint density at radius 3 is 2.83 bits per heavy atom. The predicted octanol–water partition coefficient (Wildman–Crippen LogP) is 4.16. The highest BCUT2D eigenvalue weighted by Gasteiger charge is 2.12. The Bertz CT molecular complexity index is 995. The van der Waals surface area contributed by atoms with Crippen molar-refractivity contribution in [1.29, 1.82) is 0 Å². The molecule has 0 bridgehead atoms. The van der Waals surface area contributed by atoms with E-state index >= 15 is 0 Å². The van der Waals surface area contributed by atoms with E-state index in [9.17, 15) is 10.1 Å². The summed E-state index contributed by atoms with van der Waals surface area (Å²) in [5.41, 5.74) is 1.16. The molecule has 1 N–H and O–H groups in total. The number of aromatic nitrogens is 3. The molecular formula is C15H10BrN5O2S. The monoisotopic (exact) mass is 403 g/mol. The zero-order valence-electron chi connectivity index (χ0n) is 12.1. The Kier molecular flexibility index (Phi) is 4.63. The average Bonchev–Trinajstić information content (AvgIpc) is 2.94. The number of hydrogen-bond acceptors (Lipinski definition) is 5. The van der Waals surface area contributed by atoms with Gasteiger partial charge in [-0.15, -0.1) is 0 Å². The minimum Gasteiger partial charge on any atom is -0.258 e. The number of nitro groups is 1. The summed E-state index contributed by atoms with van der Waals surface area (Å²) in [6.45, 7) is 0. The lowest BCUT2D eigenvalue weighted by Gasteiger charge is -2.02. The summed E-state index contributed by atoms with van der Waals surface area (Å²) < 4.78 is 2.61. The highest BCUT2D eigenvalue weighted by molar-refractivity contribution is 9.10. The first-order chi connectivity index (χ1) is 11.6. The summed E-state index contributed by atoms with van der Waals surface area (Å²) in [5.74, 6) is 0.510. The SMILES string of the molecule is O=[N+]([O-])c1ccccc1/C=N\n1c(-c2cccc(Br)c2)n[nH]c1=S. The maximum Gasteiger partial charge on any atom is 0.278 e. The second kappa shape index (κ2) is 6.85. The van der Waals surface area contributed by atoms with Gasteiger partial charge in [-0.05, 0) is 30.4 Å². The third-order valence-electron chi connectivity index (χ3n) is 3.18. The normalized spacial score (nSPS) is 11.0. The number of halogens is 1. The van der Waals surface area contributed by atoms with E-state index in [1.165, 1.54) is 17.0 Å². The maximum atomic E-state index is 11.1. The molecular weight excluding hydrogens is 394 g/mol. The number of hydrogen-bond donors (Lipinski definition) is 1. The van der Waals surface area contributed by atoms with E-state index in [4.69, 9.17) is 12.2 Å². The van der Waals surface area contributed by atoms with Crippen LogP contribution in [-0.4, -0.2) is 26.0 Å². The molecule has 2 aromatic carbocycles. The van der Waals surface area contributed by atoms with Gasteiger partial charge in [0.2, 0.25) is 4.77 Å². The fourth-order valence-electron chi connectivity index (χ4n) is 2.10. The maximum absolute atomic E-state index is 11.1. The molecule has 9 heteroatoms. The summed E-state index contributed by atoms with van der Waals surface area (Å²) in [6.07, 6.45) is 1.39. The van der Waals surface area contributed by atoms with Gasteiger partial charge in [-0.1, -0.05) is 40.2 Å². The Hall–Kier alpha value is -2.65. The molecule has 0 aliphatic carbocycles. The topological polar surface area (TPSA) is 89.1 Å². The van der Waals surface area contributed by atoms with Crippen molar-refractivity contribution >= 4 is 40.0 Å². The van der Waals surface area contributed by atoms with Gasteiger partial charge >= 0.3 is 0 Å². The van der Waals surface area contributed by atoms with E-state index in [0.717, 1.165) is 10.0 Å². The van der Waals surface area contributed by atoms with Gasteiger partial charge in [0.25, 0.3) is 5.69 Å². The predicted molar refractivity (Wildman–Crippen MR) is 96.6 cm³/mol. The number of H-pyrrole nitrogens is 1.